The number of hydrogen-bond acceptors (Lipinski definition) is 10. The highest BCUT2D eigenvalue weighted by atomic mass is 31.2. The zero-order valence-corrected chi connectivity index (χ0v) is 15.1. The van der Waals surface area contributed by atoms with E-state index in [1.165, 1.54) is 12.3 Å². The van der Waals surface area contributed by atoms with Gasteiger partial charge in [0.2, 0.25) is 0 Å². The van der Waals surface area contributed by atoms with Gasteiger partial charge in [-0.3, -0.25) is 18.7 Å². The molecule has 1 aliphatic rings. The number of phosphoric ester groups is 1. The standard InChI is InChI=1S/C13H18N3O10P/c1-6(17)24-10-8(5-23-27(20,21)22)26-12(11(10)25-7(2)18)16-4-3-9(14)15-13(16)19/h3-4,8,10-12H,5H2,1-2H3,(H2,14,15,19)(H2,20,21,22)/t8-,10-,11-,12-/m1/s1. The van der Waals surface area contributed by atoms with Crippen molar-refractivity contribution in [3.05, 3.63) is 22.7 Å². The van der Waals surface area contributed by atoms with Gasteiger partial charge in [0.05, 0.1) is 6.61 Å². The Hall–Kier alpha value is -2.31. The summed E-state index contributed by atoms with van der Waals surface area (Å²) in [5.41, 5.74) is 4.59. The van der Waals surface area contributed by atoms with E-state index in [1.807, 2.05) is 0 Å². The number of hydrogen-bond donors (Lipinski definition) is 3. The molecule has 0 spiro atoms. The number of carbonyl (C=O) groups excluding carboxylic acids is 2. The van der Waals surface area contributed by atoms with Gasteiger partial charge in [-0.25, -0.2) is 9.36 Å². The maximum Gasteiger partial charge on any atom is 0.469 e. The van der Waals surface area contributed by atoms with Crippen LogP contribution in [0.5, 0.6) is 0 Å². The van der Waals surface area contributed by atoms with Crippen molar-refractivity contribution >= 4 is 25.6 Å². The second kappa shape index (κ2) is 8.15. The molecule has 2 rings (SSSR count). The van der Waals surface area contributed by atoms with E-state index in [9.17, 15) is 18.9 Å². The van der Waals surface area contributed by atoms with Crippen LogP contribution in [0, 0.1) is 0 Å². The number of carbonyl (C=O) groups is 2. The smallest absolute Gasteiger partial charge is 0.456 e. The Morgan fingerprint density at radius 1 is 1.30 bits per heavy atom. The van der Waals surface area contributed by atoms with Gasteiger partial charge in [0, 0.05) is 20.0 Å². The van der Waals surface area contributed by atoms with Gasteiger partial charge in [-0.1, -0.05) is 0 Å². The van der Waals surface area contributed by atoms with Crippen LogP contribution in [0.2, 0.25) is 0 Å². The summed E-state index contributed by atoms with van der Waals surface area (Å²) in [5.74, 6) is -1.60. The third-order valence-electron chi connectivity index (χ3n) is 3.42. The van der Waals surface area contributed by atoms with Gasteiger partial charge < -0.3 is 29.7 Å². The van der Waals surface area contributed by atoms with Crippen LogP contribution in [0.25, 0.3) is 0 Å². The number of nitrogens with two attached hydrogens (primary N) is 1. The third-order valence-corrected chi connectivity index (χ3v) is 3.91. The minimum Gasteiger partial charge on any atom is -0.456 e. The number of phosphoric acid groups is 1. The lowest BCUT2D eigenvalue weighted by atomic mass is 10.1. The maximum atomic E-state index is 12.1. The van der Waals surface area contributed by atoms with Gasteiger partial charge in [0.25, 0.3) is 0 Å². The lowest BCUT2D eigenvalue weighted by Crippen LogP contribution is -2.41. The molecule has 0 saturated carbocycles. The van der Waals surface area contributed by atoms with E-state index in [1.54, 1.807) is 0 Å². The quantitative estimate of drug-likeness (QED) is 0.374. The highest BCUT2D eigenvalue weighted by molar-refractivity contribution is 7.46. The highest BCUT2D eigenvalue weighted by Gasteiger charge is 2.51. The van der Waals surface area contributed by atoms with Crippen molar-refractivity contribution in [2.45, 2.75) is 38.4 Å². The molecule has 1 aliphatic heterocycles. The number of nitrogens with zero attached hydrogens (tertiary/aromatic N) is 2. The van der Waals surface area contributed by atoms with E-state index in [0.717, 1.165) is 18.4 Å². The van der Waals surface area contributed by atoms with Crippen LogP contribution in [0.15, 0.2) is 17.1 Å². The Bertz CT molecular complexity index is 821. The van der Waals surface area contributed by atoms with Crippen molar-refractivity contribution in [2.24, 2.45) is 0 Å². The number of anilines is 1. The molecule has 1 saturated heterocycles. The Morgan fingerprint density at radius 2 is 1.89 bits per heavy atom. The molecule has 13 nitrogen and oxygen atoms in total. The van der Waals surface area contributed by atoms with Gasteiger partial charge in [-0.15, -0.1) is 0 Å². The van der Waals surface area contributed by atoms with E-state index in [-0.39, 0.29) is 5.82 Å². The molecule has 0 bridgehead atoms. The fourth-order valence-electron chi connectivity index (χ4n) is 2.51. The van der Waals surface area contributed by atoms with Crippen LogP contribution in [0.3, 0.4) is 0 Å². The number of rotatable bonds is 6. The van der Waals surface area contributed by atoms with Crippen molar-refractivity contribution in [3.63, 3.8) is 0 Å². The molecule has 0 unspecified atom stereocenters. The van der Waals surface area contributed by atoms with Gasteiger partial charge >= 0.3 is 25.5 Å². The molecule has 14 heteroatoms. The lowest BCUT2D eigenvalue weighted by molar-refractivity contribution is -0.165. The summed E-state index contributed by atoms with van der Waals surface area (Å²) in [6, 6.07) is 1.29. The van der Waals surface area contributed by atoms with Gasteiger partial charge in [0.1, 0.15) is 11.9 Å². The van der Waals surface area contributed by atoms with Crippen molar-refractivity contribution < 1.29 is 42.7 Å². The molecule has 1 aromatic heterocycles. The fraction of sp³-hybridized carbons (Fsp3) is 0.538. The lowest BCUT2D eigenvalue weighted by Gasteiger charge is -2.23. The first-order chi connectivity index (χ1) is 12.5. The van der Waals surface area contributed by atoms with Gasteiger partial charge in [0.15, 0.2) is 18.4 Å². The molecular weight excluding hydrogens is 389 g/mol. The first-order valence-electron chi connectivity index (χ1n) is 7.52. The zero-order valence-electron chi connectivity index (χ0n) is 14.3. The predicted octanol–water partition coefficient (Wildman–Crippen LogP) is -1.30. The number of aromatic nitrogens is 2. The monoisotopic (exact) mass is 407 g/mol. The van der Waals surface area contributed by atoms with E-state index in [0.29, 0.717) is 0 Å². The Balaban J connectivity index is 2.41. The molecule has 150 valence electrons. The number of nitrogen functional groups attached to an aromatic ring is 1. The van der Waals surface area contributed by atoms with Gasteiger partial charge in [-0.05, 0) is 6.07 Å². The fourth-order valence-corrected chi connectivity index (χ4v) is 2.85. The summed E-state index contributed by atoms with van der Waals surface area (Å²) in [6.45, 7) is 1.47. The van der Waals surface area contributed by atoms with Crippen molar-refractivity contribution in [2.75, 3.05) is 12.3 Å². The second-order valence-corrected chi connectivity index (χ2v) is 6.78. The van der Waals surface area contributed by atoms with E-state index in [2.05, 4.69) is 9.51 Å². The topological polar surface area (TPSA) is 190 Å². The molecule has 1 aromatic rings. The molecule has 0 radical (unpaired) electrons. The summed E-state index contributed by atoms with van der Waals surface area (Å²) in [4.78, 5) is 56.3. The summed E-state index contributed by atoms with van der Waals surface area (Å²) < 4.78 is 32.1. The van der Waals surface area contributed by atoms with Crippen LogP contribution in [0.1, 0.15) is 20.1 Å². The minimum atomic E-state index is -4.86. The molecule has 0 amide bonds. The Kier molecular flexibility index (Phi) is 6.34. The average molecular weight is 407 g/mol. The van der Waals surface area contributed by atoms with Crippen molar-refractivity contribution in [3.8, 4) is 0 Å². The highest BCUT2D eigenvalue weighted by Crippen LogP contribution is 2.39. The van der Waals surface area contributed by atoms with Crippen LogP contribution < -0.4 is 11.4 Å². The van der Waals surface area contributed by atoms with E-state index >= 15 is 0 Å². The second-order valence-electron chi connectivity index (χ2n) is 5.54. The molecule has 0 aromatic carbocycles. The van der Waals surface area contributed by atoms with Crippen LogP contribution in [-0.2, 0) is 32.9 Å². The number of esters is 2. The minimum absolute atomic E-state index is 0.0591. The molecule has 4 atom stereocenters. The molecular formula is C13H18N3O10P. The molecule has 2 heterocycles. The average Bonchev–Trinajstić information content (AvgIpc) is 2.81. The molecule has 4 N–H and O–H groups in total. The largest absolute Gasteiger partial charge is 0.469 e. The summed E-state index contributed by atoms with van der Waals surface area (Å²) >= 11 is 0. The maximum absolute atomic E-state index is 12.1. The predicted molar refractivity (Wildman–Crippen MR) is 85.9 cm³/mol. The first-order valence-corrected chi connectivity index (χ1v) is 9.05. The van der Waals surface area contributed by atoms with E-state index in [4.69, 9.17) is 29.7 Å². The SMILES string of the molecule is CC(=O)O[C@@H]1[C@H](OC(C)=O)[C@@H](COP(=O)(O)O)O[C@H]1n1ccc(N)nc1=O. The number of ether oxygens (including phenoxy) is 3. The van der Waals surface area contributed by atoms with Crippen LogP contribution >= 0.6 is 7.82 Å². The normalized spacial score (nSPS) is 25.2. The van der Waals surface area contributed by atoms with Crippen molar-refractivity contribution in [1.82, 2.24) is 9.55 Å². The Labute approximate surface area is 152 Å². The summed E-state index contributed by atoms with van der Waals surface area (Å²) in [5, 5.41) is 0. The van der Waals surface area contributed by atoms with Crippen molar-refractivity contribution in [1.29, 1.82) is 0 Å². The molecule has 1 fully saturated rings. The van der Waals surface area contributed by atoms with Crippen LogP contribution in [-0.4, -0.2) is 56.2 Å². The molecule has 27 heavy (non-hydrogen) atoms. The van der Waals surface area contributed by atoms with Gasteiger partial charge in [-0.2, -0.15) is 4.98 Å². The zero-order chi connectivity index (χ0) is 20.4. The summed E-state index contributed by atoms with van der Waals surface area (Å²) in [7, 11) is -4.86. The third kappa shape index (κ3) is 5.58. The molecule has 0 aliphatic carbocycles. The first kappa shape index (κ1) is 21.0. The van der Waals surface area contributed by atoms with E-state index < -0.39 is 56.6 Å². The Morgan fingerprint density at radius 3 is 2.41 bits per heavy atom. The van der Waals surface area contributed by atoms with Crippen LogP contribution in [0.4, 0.5) is 5.82 Å². The summed E-state index contributed by atoms with van der Waals surface area (Å²) in [6.07, 6.45) is -3.93.